The van der Waals surface area contributed by atoms with Crippen LogP contribution >= 0.6 is 0 Å². The maximum Gasteiger partial charge on any atom is 0.355 e. The Hall–Kier alpha value is -1.84. The second-order valence-electron chi connectivity index (χ2n) is 5.23. The molecule has 0 bridgehead atoms. The summed E-state index contributed by atoms with van der Waals surface area (Å²) in [4.78, 5) is 15.5. The van der Waals surface area contributed by atoms with Gasteiger partial charge in [0.25, 0.3) is 0 Å². The third-order valence-corrected chi connectivity index (χ3v) is 3.62. The molecule has 0 saturated heterocycles. The fourth-order valence-corrected chi connectivity index (χ4v) is 2.35. The van der Waals surface area contributed by atoms with Crippen LogP contribution in [0.3, 0.4) is 0 Å². The van der Waals surface area contributed by atoms with Gasteiger partial charge >= 0.3 is 5.97 Å². The van der Waals surface area contributed by atoms with Gasteiger partial charge < -0.3 is 9.84 Å². The number of carboxylic acids is 1. The van der Waals surface area contributed by atoms with Crippen molar-refractivity contribution in [2.75, 3.05) is 6.61 Å². The molecule has 1 aromatic heterocycles. The van der Waals surface area contributed by atoms with Crippen molar-refractivity contribution in [2.45, 2.75) is 32.1 Å². The van der Waals surface area contributed by atoms with E-state index in [1.807, 2.05) is 6.07 Å². The zero-order valence-corrected chi connectivity index (χ0v) is 10.8. The third kappa shape index (κ3) is 2.78. The van der Waals surface area contributed by atoms with E-state index < -0.39 is 5.97 Å². The van der Waals surface area contributed by atoms with Gasteiger partial charge in [-0.2, -0.15) is 0 Å². The molecule has 2 aliphatic rings. The number of hydrogen-bond donors (Lipinski definition) is 1. The van der Waals surface area contributed by atoms with Gasteiger partial charge in [-0.3, -0.25) is 0 Å². The summed E-state index contributed by atoms with van der Waals surface area (Å²) in [6.45, 7) is 0.647. The van der Waals surface area contributed by atoms with E-state index in [9.17, 15) is 9.90 Å². The Morgan fingerprint density at radius 3 is 2.89 bits per heavy atom. The van der Waals surface area contributed by atoms with Crippen molar-refractivity contribution in [3.8, 4) is 5.88 Å². The third-order valence-electron chi connectivity index (χ3n) is 3.62. The number of aromatic carboxylic acids is 1. The first-order valence-electron chi connectivity index (χ1n) is 6.80. The molecule has 100 valence electrons. The Morgan fingerprint density at radius 1 is 1.42 bits per heavy atom. The lowest BCUT2D eigenvalue weighted by molar-refractivity contribution is 0.0688. The second kappa shape index (κ2) is 5.03. The molecule has 19 heavy (non-hydrogen) atoms. The highest BCUT2D eigenvalue weighted by Gasteiger charge is 2.23. The first kappa shape index (κ1) is 12.2. The van der Waals surface area contributed by atoms with Crippen molar-refractivity contribution >= 4 is 11.5 Å². The molecule has 0 unspecified atom stereocenters. The van der Waals surface area contributed by atoms with Crippen LogP contribution in [-0.2, 0) is 0 Å². The van der Waals surface area contributed by atoms with Crippen LogP contribution in [0.4, 0.5) is 0 Å². The molecular formula is C15H17NO3. The Kier molecular flexibility index (Phi) is 3.23. The number of carbonyl (C=O) groups is 1. The molecule has 4 heteroatoms. The molecule has 0 amide bonds. The van der Waals surface area contributed by atoms with E-state index in [4.69, 9.17) is 4.74 Å². The summed E-state index contributed by atoms with van der Waals surface area (Å²) in [5, 5.41) is 9.29. The van der Waals surface area contributed by atoms with E-state index >= 15 is 0 Å². The van der Waals surface area contributed by atoms with Crippen molar-refractivity contribution in [1.29, 1.82) is 0 Å². The molecule has 1 heterocycles. The van der Waals surface area contributed by atoms with Crippen LogP contribution in [0.5, 0.6) is 5.88 Å². The number of pyridine rings is 1. The summed E-state index contributed by atoms with van der Waals surface area (Å²) in [6.07, 6.45) is 7.56. The highest BCUT2D eigenvalue weighted by atomic mass is 16.5. The Labute approximate surface area is 112 Å². The zero-order valence-electron chi connectivity index (χ0n) is 10.8. The summed E-state index contributed by atoms with van der Waals surface area (Å²) < 4.78 is 5.54. The summed E-state index contributed by atoms with van der Waals surface area (Å²) in [6, 6.07) is 3.61. The quantitative estimate of drug-likeness (QED) is 0.882. The molecule has 0 aromatic carbocycles. The smallest absolute Gasteiger partial charge is 0.355 e. The molecule has 3 rings (SSSR count). The molecule has 2 aliphatic carbocycles. The van der Waals surface area contributed by atoms with Gasteiger partial charge in [0.1, 0.15) is 0 Å². The predicted octanol–water partition coefficient (Wildman–Crippen LogP) is 3.14. The van der Waals surface area contributed by atoms with Gasteiger partial charge in [-0.1, -0.05) is 6.08 Å². The van der Waals surface area contributed by atoms with Gasteiger partial charge in [-0.25, -0.2) is 9.78 Å². The highest BCUT2D eigenvalue weighted by Crippen LogP contribution is 2.32. The Balaban J connectivity index is 1.84. The minimum atomic E-state index is -0.986. The van der Waals surface area contributed by atoms with Gasteiger partial charge in [0.05, 0.1) is 6.61 Å². The van der Waals surface area contributed by atoms with E-state index in [1.54, 1.807) is 6.07 Å². The van der Waals surface area contributed by atoms with Gasteiger partial charge in [-0.15, -0.1) is 0 Å². The number of carboxylic acid groups (broad SMARTS) is 1. The van der Waals surface area contributed by atoms with E-state index in [2.05, 4.69) is 11.1 Å². The molecule has 0 aliphatic heterocycles. The molecule has 0 radical (unpaired) electrons. The molecule has 1 aromatic rings. The topological polar surface area (TPSA) is 59.4 Å². The number of ether oxygens (including phenoxy) is 1. The standard InChI is InChI=1S/C15H17NO3/c17-15(18)14-12(11-3-1-2-4-11)7-8-13(16-14)19-9-10-5-6-10/h3,7-8,10H,1-2,4-6,9H2,(H,17,18). The lowest BCUT2D eigenvalue weighted by Gasteiger charge is -2.09. The largest absolute Gasteiger partial charge is 0.477 e. The van der Waals surface area contributed by atoms with Crippen molar-refractivity contribution in [1.82, 2.24) is 4.98 Å². The average Bonchev–Trinajstić information content (AvgIpc) is 3.08. The number of nitrogens with zero attached hydrogens (tertiary/aromatic N) is 1. The van der Waals surface area contributed by atoms with Crippen LogP contribution in [-0.4, -0.2) is 22.7 Å². The molecule has 1 fully saturated rings. The van der Waals surface area contributed by atoms with Crippen molar-refractivity contribution < 1.29 is 14.6 Å². The monoisotopic (exact) mass is 259 g/mol. The Bertz CT molecular complexity index is 532. The van der Waals surface area contributed by atoms with Crippen molar-refractivity contribution in [3.63, 3.8) is 0 Å². The average molecular weight is 259 g/mol. The Morgan fingerprint density at radius 2 is 2.26 bits per heavy atom. The lowest BCUT2D eigenvalue weighted by Crippen LogP contribution is -2.08. The molecule has 0 atom stereocenters. The molecular weight excluding hydrogens is 242 g/mol. The van der Waals surface area contributed by atoms with Crippen LogP contribution in [0.15, 0.2) is 18.2 Å². The highest BCUT2D eigenvalue weighted by molar-refractivity contribution is 5.92. The summed E-state index contributed by atoms with van der Waals surface area (Å²) in [5.41, 5.74) is 1.95. The fourth-order valence-electron chi connectivity index (χ4n) is 2.35. The van der Waals surface area contributed by atoms with E-state index in [0.717, 1.165) is 30.4 Å². The normalized spacial score (nSPS) is 18.2. The van der Waals surface area contributed by atoms with Crippen molar-refractivity contribution in [3.05, 3.63) is 29.5 Å². The van der Waals surface area contributed by atoms with Crippen LogP contribution < -0.4 is 4.74 Å². The molecule has 1 saturated carbocycles. The molecule has 1 N–H and O–H groups in total. The maximum atomic E-state index is 11.3. The van der Waals surface area contributed by atoms with Crippen LogP contribution in [0.25, 0.3) is 5.57 Å². The zero-order chi connectivity index (χ0) is 13.2. The van der Waals surface area contributed by atoms with Crippen LogP contribution in [0.2, 0.25) is 0 Å². The SMILES string of the molecule is O=C(O)c1nc(OCC2CC2)ccc1C1=CCCC1. The predicted molar refractivity (Wildman–Crippen MR) is 71.2 cm³/mol. The van der Waals surface area contributed by atoms with Crippen LogP contribution in [0, 0.1) is 5.92 Å². The van der Waals surface area contributed by atoms with Gasteiger partial charge in [-0.05, 0) is 49.7 Å². The second-order valence-corrected chi connectivity index (χ2v) is 5.23. The lowest BCUT2D eigenvalue weighted by atomic mass is 10.0. The summed E-state index contributed by atoms with van der Waals surface area (Å²) in [7, 11) is 0. The number of rotatable bonds is 5. The fraction of sp³-hybridized carbons (Fsp3) is 0.467. The van der Waals surface area contributed by atoms with E-state index in [1.165, 1.54) is 12.8 Å². The number of aromatic nitrogens is 1. The van der Waals surface area contributed by atoms with Gasteiger partial charge in [0, 0.05) is 11.6 Å². The van der Waals surface area contributed by atoms with E-state index in [-0.39, 0.29) is 5.69 Å². The minimum Gasteiger partial charge on any atom is -0.477 e. The number of allylic oxidation sites excluding steroid dienone is 2. The van der Waals surface area contributed by atoms with E-state index in [0.29, 0.717) is 18.4 Å². The first-order chi connectivity index (χ1) is 9.24. The maximum absolute atomic E-state index is 11.3. The van der Waals surface area contributed by atoms with Crippen molar-refractivity contribution in [2.24, 2.45) is 5.92 Å². The summed E-state index contributed by atoms with van der Waals surface area (Å²) >= 11 is 0. The first-order valence-corrected chi connectivity index (χ1v) is 6.80. The van der Waals surface area contributed by atoms with Gasteiger partial charge in [0.15, 0.2) is 5.69 Å². The molecule has 4 nitrogen and oxygen atoms in total. The summed E-state index contributed by atoms with van der Waals surface area (Å²) in [5.74, 6) is 0.0682. The van der Waals surface area contributed by atoms with Gasteiger partial charge in [0.2, 0.25) is 5.88 Å². The number of hydrogen-bond acceptors (Lipinski definition) is 3. The minimum absolute atomic E-state index is 0.112. The molecule has 0 spiro atoms. The van der Waals surface area contributed by atoms with Crippen LogP contribution in [0.1, 0.15) is 48.2 Å².